The molecule has 10 heteroatoms. The second kappa shape index (κ2) is 8.20. The maximum atomic E-state index is 13.9. The van der Waals surface area contributed by atoms with Gasteiger partial charge in [0.05, 0.1) is 17.2 Å². The average molecular weight is 447 g/mol. The van der Waals surface area contributed by atoms with E-state index >= 15 is 0 Å². The standard InChI is InChI=1S/C21H22FN3O5S/c1-13-4-5-14(10-17(13)22)15-6-7-16-18(11-15)23-12-25(19(16)26)9-8-21(2,20(27)24-28)31(3,29)30/h4-7,10-12,28H,8-9H2,1-3H3,(H,24,27). The van der Waals surface area contributed by atoms with Gasteiger partial charge in [-0.1, -0.05) is 18.2 Å². The van der Waals surface area contributed by atoms with Crippen LogP contribution in [0.3, 0.4) is 0 Å². The molecule has 0 aliphatic rings. The second-order valence-corrected chi connectivity index (χ2v) is 10.1. The number of halogens is 1. The third-order valence-corrected chi connectivity index (χ3v) is 7.59. The molecule has 0 spiro atoms. The topological polar surface area (TPSA) is 118 Å². The Morgan fingerprint density at radius 3 is 2.48 bits per heavy atom. The van der Waals surface area contributed by atoms with Gasteiger partial charge < -0.3 is 0 Å². The lowest BCUT2D eigenvalue weighted by molar-refractivity contribution is -0.131. The van der Waals surface area contributed by atoms with Crippen LogP contribution < -0.4 is 11.0 Å². The van der Waals surface area contributed by atoms with E-state index in [0.717, 1.165) is 6.26 Å². The maximum absolute atomic E-state index is 13.9. The second-order valence-electron chi connectivity index (χ2n) is 7.63. The fourth-order valence-electron chi connectivity index (χ4n) is 3.19. The zero-order valence-corrected chi connectivity index (χ0v) is 18.0. The van der Waals surface area contributed by atoms with Crippen LogP contribution in [0.25, 0.3) is 22.0 Å². The Morgan fingerprint density at radius 2 is 1.87 bits per heavy atom. The first kappa shape index (κ1) is 22.6. The highest BCUT2D eigenvalue weighted by Crippen LogP contribution is 2.25. The Hall–Kier alpha value is -3.11. The molecule has 1 amide bonds. The number of nitrogens with zero attached hydrogens (tertiary/aromatic N) is 2. The summed E-state index contributed by atoms with van der Waals surface area (Å²) in [4.78, 5) is 29.1. The van der Waals surface area contributed by atoms with E-state index in [1.807, 2.05) is 0 Å². The van der Waals surface area contributed by atoms with E-state index in [-0.39, 0.29) is 18.8 Å². The number of amides is 1. The number of benzene rings is 2. The summed E-state index contributed by atoms with van der Waals surface area (Å²) in [5.74, 6) is -1.41. The van der Waals surface area contributed by atoms with E-state index in [0.29, 0.717) is 27.6 Å². The van der Waals surface area contributed by atoms with Crippen LogP contribution in [-0.4, -0.2) is 40.1 Å². The highest BCUT2D eigenvalue weighted by molar-refractivity contribution is 7.92. The van der Waals surface area contributed by atoms with Crippen LogP contribution in [-0.2, 0) is 21.2 Å². The van der Waals surface area contributed by atoms with E-state index in [9.17, 15) is 22.4 Å². The molecular formula is C21H22FN3O5S. The summed E-state index contributed by atoms with van der Waals surface area (Å²) in [6, 6.07) is 9.78. The van der Waals surface area contributed by atoms with Gasteiger partial charge in [-0.05, 0) is 55.2 Å². The van der Waals surface area contributed by atoms with E-state index in [1.54, 1.807) is 37.3 Å². The summed E-state index contributed by atoms with van der Waals surface area (Å²) in [6.45, 7) is 2.74. The molecule has 2 N–H and O–H groups in total. The van der Waals surface area contributed by atoms with Crippen molar-refractivity contribution in [2.45, 2.75) is 31.6 Å². The molecule has 164 valence electrons. The number of carbonyl (C=O) groups is 1. The molecule has 3 rings (SSSR count). The summed E-state index contributed by atoms with van der Waals surface area (Å²) >= 11 is 0. The van der Waals surface area contributed by atoms with Crippen LogP contribution in [0.15, 0.2) is 47.5 Å². The lowest BCUT2D eigenvalue weighted by Crippen LogP contribution is -2.50. The zero-order valence-electron chi connectivity index (χ0n) is 17.2. The Labute approximate surface area is 178 Å². The van der Waals surface area contributed by atoms with Crippen molar-refractivity contribution in [3.05, 3.63) is 64.5 Å². The third-order valence-electron chi connectivity index (χ3n) is 5.56. The van der Waals surface area contributed by atoms with Crippen molar-refractivity contribution in [1.29, 1.82) is 0 Å². The summed E-state index contributed by atoms with van der Waals surface area (Å²) in [5, 5.41) is 9.21. The van der Waals surface area contributed by atoms with E-state index in [2.05, 4.69) is 4.98 Å². The monoisotopic (exact) mass is 447 g/mol. The molecule has 1 atom stereocenters. The van der Waals surface area contributed by atoms with E-state index in [1.165, 1.54) is 29.4 Å². The summed E-state index contributed by atoms with van der Waals surface area (Å²) in [5.41, 5.74) is 3.24. The molecule has 2 aromatic carbocycles. The predicted molar refractivity (Wildman–Crippen MR) is 114 cm³/mol. The molecule has 8 nitrogen and oxygen atoms in total. The molecular weight excluding hydrogens is 425 g/mol. The number of fused-ring (bicyclic) bond motifs is 1. The molecule has 0 bridgehead atoms. The van der Waals surface area contributed by atoms with Gasteiger partial charge in [-0.25, -0.2) is 23.3 Å². The molecule has 0 fully saturated rings. The van der Waals surface area contributed by atoms with Gasteiger partial charge in [0.15, 0.2) is 14.6 Å². The normalized spacial score (nSPS) is 13.7. The fourth-order valence-corrected chi connectivity index (χ4v) is 4.03. The third kappa shape index (κ3) is 4.21. The molecule has 1 heterocycles. The Balaban J connectivity index is 1.95. The minimum absolute atomic E-state index is 0.107. The minimum Gasteiger partial charge on any atom is -0.299 e. The van der Waals surface area contributed by atoms with Crippen LogP contribution in [0, 0.1) is 12.7 Å². The van der Waals surface area contributed by atoms with Crippen molar-refractivity contribution in [3.8, 4) is 11.1 Å². The number of rotatable bonds is 6. The Kier molecular flexibility index (Phi) is 5.97. The molecule has 0 aliphatic carbocycles. The minimum atomic E-state index is -3.88. The van der Waals surface area contributed by atoms with Crippen molar-refractivity contribution in [2.75, 3.05) is 6.26 Å². The van der Waals surface area contributed by atoms with Gasteiger partial charge in [0, 0.05) is 12.8 Å². The van der Waals surface area contributed by atoms with Crippen molar-refractivity contribution in [3.63, 3.8) is 0 Å². The van der Waals surface area contributed by atoms with E-state index < -0.39 is 26.1 Å². The first-order chi connectivity index (χ1) is 14.5. The van der Waals surface area contributed by atoms with E-state index in [4.69, 9.17) is 5.21 Å². The largest absolute Gasteiger partial charge is 0.299 e. The summed E-state index contributed by atoms with van der Waals surface area (Å²) < 4.78 is 37.4. The highest BCUT2D eigenvalue weighted by Gasteiger charge is 2.43. The maximum Gasteiger partial charge on any atom is 0.264 e. The van der Waals surface area contributed by atoms with Gasteiger partial charge in [-0.3, -0.25) is 19.4 Å². The Bertz CT molecular complexity index is 1340. The van der Waals surface area contributed by atoms with Crippen molar-refractivity contribution in [2.24, 2.45) is 0 Å². The van der Waals surface area contributed by atoms with Gasteiger partial charge in [-0.15, -0.1) is 0 Å². The average Bonchev–Trinajstić information content (AvgIpc) is 2.73. The van der Waals surface area contributed by atoms with Crippen LogP contribution in [0.2, 0.25) is 0 Å². The quantitative estimate of drug-likeness (QED) is 0.442. The molecule has 3 aromatic rings. The molecule has 1 unspecified atom stereocenters. The first-order valence-electron chi connectivity index (χ1n) is 9.38. The van der Waals surface area contributed by atoms with Gasteiger partial charge in [-0.2, -0.15) is 0 Å². The SMILES string of the molecule is Cc1ccc(-c2ccc3c(=O)n(CCC(C)(C(=O)NO)S(C)(=O)=O)cnc3c2)cc1F. The van der Waals surface area contributed by atoms with Gasteiger partial charge in [0.1, 0.15) is 5.82 Å². The van der Waals surface area contributed by atoms with Crippen molar-refractivity contribution in [1.82, 2.24) is 15.0 Å². The number of sulfone groups is 1. The molecule has 31 heavy (non-hydrogen) atoms. The number of carbonyl (C=O) groups excluding carboxylic acids is 1. The summed E-state index contributed by atoms with van der Waals surface area (Å²) in [6.07, 6.45) is 1.91. The molecule has 0 saturated carbocycles. The van der Waals surface area contributed by atoms with Crippen LogP contribution >= 0.6 is 0 Å². The van der Waals surface area contributed by atoms with Gasteiger partial charge in [0.25, 0.3) is 11.5 Å². The van der Waals surface area contributed by atoms with Crippen LogP contribution in [0.4, 0.5) is 4.39 Å². The molecule has 0 radical (unpaired) electrons. The number of aryl methyl sites for hydroxylation is 2. The van der Waals surface area contributed by atoms with Crippen molar-refractivity contribution < 1.29 is 22.8 Å². The highest BCUT2D eigenvalue weighted by atomic mass is 32.2. The Morgan fingerprint density at radius 1 is 1.23 bits per heavy atom. The van der Waals surface area contributed by atoms with Crippen LogP contribution in [0.5, 0.6) is 0 Å². The predicted octanol–water partition coefficient (Wildman–Crippen LogP) is 2.21. The zero-order chi connectivity index (χ0) is 23.0. The molecule has 0 saturated heterocycles. The number of nitrogens with one attached hydrogen (secondary N) is 1. The number of hydrogen-bond donors (Lipinski definition) is 2. The first-order valence-corrected chi connectivity index (χ1v) is 11.3. The summed E-state index contributed by atoms with van der Waals surface area (Å²) in [7, 11) is -3.88. The smallest absolute Gasteiger partial charge is 0.264 e. The van der Waals surface area contributed by atoms with Crippen molar-refractivity contribution >= 4 is 26.6 Å². The molecule has 1 aromatic heterocycles. The van der Waals surface area contributed by atoms with Gasteiger partial charge in [0.2, 0.25) is 0 Å². The fraction of sp³-hybridized carbons (Fsp3) is 0.286. The number of aromatic nitrogens is 2. The molecule has 0 aliphatic heterocycles. The lowest BCUT2D eigenvalue weighted by Gasteiger charge is -2.25. The lowest BCUT2D eigenvalue weighted by atomic mass is 10.0. The number of hydrogen-bond acceptors (Lipinski definition) is 6. The van der Waals surface area contributed by atoms with Crippen LogP contribution in [0.1, 0.15) is 18.9 Å². The van der Waals surface area contributed by atoms with Gasteiger partial charge >= 0.3 is 0 Å². The number of hydroxylamine groups is 1.